The molecule has 1 aliphatic rings. The molecular formula is C19H23N3O5. The normalized spacial score (nSPS) is 17.1. The van der Waals surface area contributed by atoms with E-state index in [1.54, 1.807) is 11.0 Å². The number of pyridine rings is 1. The number of ether oxygens (including phenoxy) is 2. The highest BCUT2D eigenvalue weighted by Gasteiger charge is 2.27. The number of benzene rings is 1. The lowest BCUT2D eigenvalue weighted by Crippen LogP contribution is -2.44. The zero-order valence-corrected chi connectivity index (χ0v) is 15.2. The first kappa shape index (κ1) is 19.2. The number of hydrogen-bond donors (Lipinski definition) is 2. The average molecular weight is 373 g/mol. The van der Waals surface area contributed by atoms with Gasteiger partial charge in [0.05, 0.1) is 36.5 Å². The molecule has 1 fully saturated rings. The molecule has 1 atom stereocenters. The van der Waals surface area contributed by atoms with Crippen LogP contribution in [0.5, 0.6) is 0 Å². The summed E-state index contributed by atoms with van der Waals surface area (Å²) in [5, 5.41) is 12.4. The summed E-state index contributed by atoms with van der Waals surface area (Å²) < 4.78 is 10.7. The molecule has 1 aromatic heterocycles. The molecule has 2 heterocycles. The minimum absolute atomic E-state index is 0.0205. The Balaban J connectivity index is 1.92. The molecule has 3 rings (SSSR count). The molecule has 1 saturated heterocycles. The summed E-state index contributed by atoms with van der Waals surface area (Å²) in [4.78, 5) is 31.0. The van der Waals surface area contributed by atoms with E-state index in [-0.39, 0.29) is 31.6 Å². The Kier molecular flexibility index (Phi) is 6.33. The number of aliphatic hydroxyl groups excluding tert-OH is 1. The van der Waals surface area contributed by atoms with Gasteiger partial charge in [-0.2, -0.15) is 0 Å². The van der Waals surface area contributed by atoms with Crippen molar-refractivity contribution in [2.75, 3.05) is 46.6 Å². The largest absolute Gasteiger partial charge is 0.395 e. The maximum absolute atomic E-state index is 12.5. The minimum atomic E-state index is -0.423. The van der Waals surface area contributed by atoms with Crippen molar-refractivity contribution in [2.45, 2.75) is 6.10 Å². The molecular weight excluding hydrogens is 350 g/mol. The molecule has 144 valence electrons. The number of nitrogens with zero attached hydrogens (tertiary/aromatic N) is 2. The molecule has 1 aliphatic heterocycles. The van der Waals surface area contributed by atoms with Gasteiger partial charge in [0.1, 0.15) is 12.7 Å². The zero-order chi connectivity index (χ0) is 19.2. The van der Waals surface area contributed by atoms with Gasteiger partial charge in [-0.3, -0.25) is 9.59 Å². The van der Waals surface area contributed by atoms with E-state index in [0.717, 1.165) is 5.39 Å². The molecule has 2 aromatic rings. The van der Waals surface area contributed by atoms with Crippen molar-refractivity contribution in [3.63, 3.8) is 0 Å². The summed E-state index contributed by atoms with van der Waals surface area (Å²) in [7, 11) is 1.48. The van der Waals surface area contributed by atoms with Crippen LogP contribution in [-0.4, -0.2) is 73.4 Å². The smallest absolute Gasteiger partial charge is 0.252 e. The topological polar surface area (TPSA) is 101 Å². The van der Waals surface area contributed by atoms with Crippen molar-refractivity contribution in [2.24, 2.45) is 0 Å². The van der Waals surface area contributed by atoms with E-state index in [2.05, 4.69) is 10.3 Å². The predicted octanol–water partition coefficient (Wildman–Crippen LogP) is 0.503. The number of carbonyl (C=O) groups excluding carboxylic acids is 2. The van der Waals surface area contributed by atoms with Gasteiger partial charge >= 0.3 is 0 Å². The second-order valence-corrected chi connectivity index (χ2v) is 6.22. The van der Waals surface area contributed by atoms with Crippen molar-refractivity contribution in [1.82, 2.24) is 15.2 Å². The van der Waals surface area contributed by atoms with Gasteiger partial charge in [-0.25, -0.2) is 4.98 Å². The number of morpholine rings is 1. The van der Waals surface area contributed by atoms with Crippen molar-refractivity contribution < 1.29 is 24.2 Å². The number of fused-ring (bicyclic) bond motifs is 1. The van der Waals surface area contributed by atoms with Crippen molar-refractivity contribution in [1.29, 1.82) is 0 Å². The molecule has 2 amide bonds. The van der Waals surface area contributed by atoms with Gasteiger partial charge in [0.2, 0.25) is 5.91 Å². The predicted molar refractivity (Wildman–Crippen MR) is 98.3 cm³/mol. The lowest BCUT2D eigenvalue weighted by atomic mass is 10.0. The average Bonchev–Trinajstić information content (AvgIpc) is 2.71. The fraction of sp³-hybridized carbons (Fsp3) is 0.421. The van der Waals surface area contributed by atoms with Gasteiger partial charge in [-0.15, -0.1) is 0 Å². The fourth-order valence-corrected chi connectivity index (χ4v) is 3.08. The van der Waals surface area contributed by atoms with Crippen LogP contribution < -0.4 is 5.32 Å². The number of rotatable bonds is 6. The van der Waals surface area contributed by atoms with Gasteiger partial charge in [-0.1, -0.05) is 18.2 Å². The number of carbonyl (C=O) groups is 2. The number of methoxy groups -OCH3 is 1. The van der Waals surface area contributed by atoms with E-state index in [1.807, 2.05) is 24.3 Å². The summed E-state index contributed by atoms with van der Waals surface area (Å²) in [5.41, 5.74) is 1.74. The molecule has 2 N–H and O–H groups in total. The molecule has 8 nitrogen and oxygen atoms in total. The second-order valence-electron chi connectivity index (χ2n) is 6.22. The minimum Gasteiger partial charge on any atom is -0.395 e. The quantitative estimate of drug-likeness (QED) is 0.765. The molecule has 0 unspecified atom stereocenters. The van der Waals surface area contributed by atoms with Crippen LogP contribution >= 0.6 is 0 Å². The van der Waals surface area contributed by atoms with E-state index >= 15 is 0 Å². The molecule has 27 heavy (non-hydrogen) atoms. The van der Waals surface area contributed by atoms with Gasteiger partial charge < -0.3 is 24.8 Å². The van der Waals surface area contributed by atoms with E-state index in [4.69, 9.17) is 14.6 Å². The summed E-state index contributed by atoms with van der Waals surface area (Å²) in [6.07, 6.45) is -0.423. The maximum atomic E-state index is 12.5. The second kappa shape index (κ2) is 8.90. The number of para-hydroxylation sites is 1. The molecule has 0 aliphatic carbocycles. The Bertz CT molecular complexity index is 826. The zero-order valence-electron chi connectivity index (χ0n) is 15.2. The standard InChI is InChI=1S/C19H23N3O5/c1-26-12-18(24)22-7-9-27-17(11-22)16-10-14(19(25)20-6-8-23)13-4-2-3-5-15(13)21-16/h2-5,10,17,23H,6-9,11-12H2,1H3,(H,20,25)/t17-/m1/s1. The third kappa shape index (κ3) is 4.41. The number of nitrogens with one attached hydrogen (secondary N) is 1. The van der Waals surface area contributed by atoms with Crippen LogP contribution in [0.1, 0.15) is 22.2 Å². The monoisotopic (exact) mass is 373 g/mol. The summed E-state index contributed by atoms with van der Waals surface area (Å²) in [6.45, 7) is 1.29. The van der Waals surface area contributed by atoms with Crippen LogP contribution in [0.4, 0.5) is 0 Å². The molecule has 0 spiro atoms. The molecule has 0 saturated carbocycles. The molecule has 0 bridgehead atoms. The number of amides is 2. The maximum Gasteiger partial charge on any atom is 0.252 e. The Morgan fingerprint density at radius 3 is 3.00 bits per heavy atom. The lowest BCUT2D eigenvalue weighted by Gasteiger charge is -2.32. The van der Waals surface area contributed by atoms with E-state index in [9.17, 15) is 9.59 Å². The highest BCUT2D eigenvalue weighted by Crippen LogP contribution is 2.26. The number of hydrogen-bond acceptors (Lipinski definition) is 6. The summed E-state index contributed by atoms with van der Waals surface area (Å²) in [6, 6.07) is 9.05. The van der Waals surface area contributed by atoms with Crippen LogP contribution in [0, 0.1) is 0 Å². The number of aliphatic hydroxyl groups is 1. The fourth-order valence-electron chi connectivity index (χ4n) is 3.08. The third-order valence-corrected chi connectivity index (χ3v) is 4.39. The van der Waals surface area contributed by atoms with Crippen molar-refractivity contribution in [3.05, 3.63) is 41.6 Å². The Hall–Kier alpha value is -2.55. The van der Waals surface area contributed by atoms with Gasteiger partial charge in [0.15, 0.2) is 0 Å². The number of aromatic nitrogens is 1. The molecule has 8 heteroatoms. The van der Waals surface area contributed by atoms with Gasteiger partial charge in [-0.05, 0) is 12.1 Å². The van der Waals surface area contributed by atoms with E-state index < -0.39 is 6.10 Å². The molecule has 0 radical (unpaired) electrons. The third-order valence-electron chi connectivity index (χ3n) is 4.39. The van der Waals surface area contributed by atoms with E-state index in [1.165, 1.54) is 7.11 Å². The first-order valence-electron chi connectivity index (χ1n) is 8.81. The van der Waals surface area contributed by atoms with Crippen LogP contribution in [0.25, 0.3) is 10.9 Å². The van der Waals surface area contributed by atoms with E-state index in [0.29, 0.717) is 36.5 Å². The summed E-state index contributed by atoms with van der Waals surface area (Å²) >= 11 is 0. The van der Waals surface area contributed by atoms with Gasteiger partial charge in [0.25, 0.3) is 5.91 Å². The first-order valence-corrected chi connectivity index (χ1v) is 8.81. The van der Waals surface area contributed by atoms with Crippen LogP contribution in [0.2, 0.25) is 0 Å². The van der Waals surface area contributed by atoms with Crippen LogP contribution in [0.15, 0.2) is 30.3 Å². The van der Waals surface area contributed by atoms with Crippen molar-refractivity contribution >= 4 is 22.7 Å². The first-order chi connectivity index (χ1) is 13.1. The van der Waals surface area contributed by atoms with Crippen LogP contribution in [-0.2, 0) is 14.3 Å². The highest BCUT2D eigenvalue weighted by atomic mass is 16.5. The Labute approximate surface area is 157 Å². The highest BCUT2D eigenvalue weighted by molar-refractivity contribution is 6.06. The SMILES string of the molecule is COCC(=O)N1CCO[C@@H](c2cc(C(=O)NCCO)c3ccccc3n2)C1. The lowest BCUT2D eigenvalue weighted by molar-refractivity contribution is -0.143. The van der Waals surface area contributed by atoms with Crippen molar-refractivity contribution in [3.8, 4) is 0 Å². The molecule has 1 aromatic carbocycles. The Morgan fingerprint density at radius 2 is 2.22 bits per heavy atom. The van der Waals surface area contributed by atoms with Crippen LogP contribution in [0.3, 0.4) is 0 Å². The van der Waals surface area contributed by atoms with Gasteiger partial charge in [0, 0.05) is 25.6 Å². The Morgan fingerprint density at radius 1 is 1.41 bits per heavy atom. The summed E-state index contributed by atoms with van der Waals surface area (Å²) in [5.74, 6) is -0.389.